The van der Waals surface area contributed by atoms with Crippen LogP contribution < -0.4 is 20.9 Å². The van der Waals surface area contributed by atoms with Gasteiger partial charge in [-0.2, -0.15) is 13.2 Å². The van der Waals surface area contributed by atoms with Crippen LogP contribution in [0.15, 0.2) is 65.7 Å². The van der Waals surface area contributed by atoms with Crippen molar-refractivity contribution < 1.29 is 27.5 Å². The zero-order valence-corrected chi connectivity index (χ0v) is 21.1. The van der Waals surface area contributed by atoms with Crippen molar-refractivity contribution in [2.45, 2.75) is 23.0 Å². The van der Waals surface area contributed by atoms with E-state index in [2.05, 4.69) is 25.8 Å². The summed E-state index contributed by atoms with van der Waals surface area (Å²) in [5, 5.41) is 8.77. The lowest BCUT2D eigenvalue weighted by Crippen LogP contribution is -2.46. The number of amides is 2. The van der Waals surface area contributed by atoms with Crippen LogP contribution in [0.5, 0.6) is 0 Å². The highest BCUT2D eigenvalue weighted by molar-refractivity contribution is 8.00. The number of hydrogen-bond donors (Lipinski definition) is 3. The van der Waals surface area contributed by atoms with Crippen LogP contribution in [-0.4, -0.2) is 43.1 Å². The minimum Gasteiger partial charge on any atom is -0.378 e. The van der Waals surface area contributed by atoms with E-state index in [9.17, 15) is 22.8 Å². The Morgan fingerprint density at radius 3 is 2.55 bits per heavy atom. The van der Waals surface area contributed by atoms with Crippen molar-refractivity contribution in [3.8, 4) is 0 Å². The molecular weight excluding hydrogens is 519 g/mol. The predicted octanol–water partition coefficient (Wildman–Crippen LogP) is 4.65. The number of nitrogens with zero attached hydrogens (tertiary/aromatic N) is 2. The molecule has 12 heteroatoms. The molecule has 1 saturated heterocycles. The van der Waals surface area contributed by atoms with Crippen molar-refractivity contribution in [3.63, 3.8) is 0 Å². The smallest absolute Gasteiger partial charge is 0.378 e. The molecule has 3 aromatic rings. The van der Waals surface area contributed by atoms with Gasteiger partial charge in [0.25, 0.3) is 5.91 Å². The van der Waals surface area contributed by atoms with Gasteiger partial charge in [0.05, 0.1) is 30.0 Å². The first-order valence-corrected chi connectivity index (χ1v) is 12.6. The monoisotopic (exact) mass is 543 g/mol. The van der Waals surface area contributed by atoms with Crippen molar-refractivity contribution in [1.29, 1.82) is 0 Å². The summed E-state index contributed by atoms with van der Waals surface area (Å²) in [7, 11) is 0. The fourth-order valence-corrected chi connectivity index (χ4v) is 5.68. The molecule has 38 heavy (non-hydrogen) atoms. The van der Waals surface area contributed by atoms with Crippen LogP contribution >= 0.6 is 11.8 Å². The molecule has 3 heterocycles. The van der Waals surface area contributed by atoms with E-state index in [0.29, 0.717) is 29.4 Å². The molecule has 1 fully saturated rings. The Labute approximate surface area is 221 Å². The highest BCUT2D eigenvalue weighted by atomic mass is 32.2. The summed E-state index contributed by atoms with van der Waals surface area (Å²) >= 11 is 1.30. The number of thioether (sulfide) groups is 1. The maximum atomic E-state index is 13.2. The topological polar surface area (TPSA) is 95.6 Å². The SMILES string of the molecule is CC(=O)NC1(c2ccc(N3CCOCC3)nc2)Nc2c(cccc2C(=O)Nc2cccc(C(F)(F)F)c2)S1. The number of benzene rings is 2. The molecule has 5 rings (SSSR count). The van der Waals surface area contributed by atoms with Crippen LogP contribution in [0.1, 0.15) is 28.4 Å². The lowest BCUT2D eigenvalue weighted by molar-refractivity contribution is -0.137. The van der Waals surface area contributed by atoms with Gasteiger partial charge in [-0.15, -0.1) is 0 Å². The van der Waals surface area contributed by atoms with E-state index in [1.807, 2.05) is 12.1 Å². The Balaban J connectivity index is 1.42. The van der Waals surface area contributed by atoms with Crippen molar-refractivity contribution in [3.05, 3.63) is 77.5 Å². The van der Waals surface area contributed by atoms with Crippen molar-refractivity contribution in [1.82, 2.24) is 10.3 Å². The number of anilines is 3. The number of aromatic nitrogens is 1. The summed E-state index contributed by atoms with van der Waals surface area (Å²) in [6.07, 6.45) is -2.86. The van der Waals surface area contributed by atoms with Gasteiger partial charge in [-0.3, -0.25) is 9.59 Å². The summed E-state index contributed by atoms with van der Waals surface area (Å²) in [4.78, 5) is 31.7. The Morgan fingerprint density at radius 2 is 1.87 bits per heavy atom. The highest BCUT2D eigenvalue weighted by Gasteiger charge is 2.42. The van der Waals surface area contributed by atoms with Crippen LogP contribution in [-0.2, 0) is 20.7 Å². The Kier molecular flexibility index (Phi) is 6.93. The normalized spacial score (nSPS) is 18.9. The molecule has 3 N–H and O–H groups in total. The molecule has 2 aliphatic rings. The first-order chi connectivity index (χ1) is 18.1. The van der Waals surface area contributed by atoms with Gasteiger partial charge in [0.2, 0.25) is 5.91 Å². The number of nitrogens with one attached hydrogen (secondary N) is 3. The van der Waals surface area contributed by atoms with Gasteiger partial charge in [0.15, 0.2) is 4.99 Å². The third-order valence-electron chi connectivity index (χ3n) is 6.12. The number of pyridine rings is 1. The molecule has 1 unspecified atom stereocenters. The molecule has 0 spiro atoms. The maximum Gasteiger partial charge on any atom is 0.416 e. The summed E-state index contributed by atoms with van der Waals surface area (Å²) < 4.78 is 44.7. The third-order valence-corrected chi connectivity index (χ3v) is 7.43. The number of morpholine rings is 1. The Morgan fingerprint density at radius 1 is 1.11 bits per heavy atom. The molecular formula is C26H24F3N5O3S. The second-order valence-electron chi connectivity index (χ2n) is 8.81. The van der Waals surface area contributed by atoms with Crippen LogP contribution in [0.3, 0.4) is 0 Å². The zero-order chi connectivity index (χ0) is 26.9. The number of hydrogen-bond acceptors (Lipinski definition) is 7. The van der Waals surface area contributed by atoms with Crippen LogP contribution in [0.25, 0.3) is 0 Å². The van der Waals surface area contributed by atoms with Crippen LogP contribution in [0, 0.1) is 0 Å². The molecule has 0 bridgehead atoms. The third kappa shape index (κ3) is 5.27. The van der Waals surface area contributed by atoms with E-state index in [1.165, 1.54) is 30.8 Å². The molecule has 0 saturated carbocycles. The summed E-state index contributed by atoms with van der Waals surface area (Å²) in [6, 6.07) is 13.2. The van der Waals surface area contributed by atoms with Crippen molar-refractivity contribution >= 4 is 40.8 Å². The van der Waals surface area contributed by atoms with Crippen LogP contribution in [0.2, 0.25) is 0 Å². The van der Waals surface area contributed by atoms with Crippen molar-refractivity contribution in [2.24, 2.45) is 0 Å². The summed E-state index contributed by atoms with van der Waals surface area (Å²) in [5.41, 5.74) is 0.490. The van der Waals surface area contributed by atoms with Gasteiger partial charge in [0, 0.05) is 42.4 Å². The molecule has 2 aromatic carbocycles. The minimum atomic E-state index is -4.53. The number of halogens is 3. The molecule has 198 valence electrons. The van der Waals surface area contributed by atoms with E-state index in [0.717, 1.165) is 31.0 Å². The fraction of sp³-hybridized carbons (Fsp3) is 0.269. The van der Waals surface area contributed by atoms with Gasteiger partial charge in [-0.05, 0) is 42.5 Å². The number of ether oxygens (including phenoxy) is 1. The van der Waals surface area contributed by atoms with Crippen molar-refractivity contribution in [2.75, 3.05) is 41.8 Å². The Hall–Kier alpha value is -3.77. The molecule has 0 aliphatic carbocycles. The quantitative estimate of drug-likeness (QED) is 0.431. The number of alkyl halides is 3. The largest absolute Gasteiger partial charge is 0.416 e. The van der Waals surface area contributed by atoms with Gasteiger partial charge < -0.3 is 25.6 Å². The van der Waals surface area contributed by atoms with E-state index in [4.69, 9.17) is 4.74 Å². The summed E-state index contributed by atoms with van der Waals surface area (Å²) in [6.45, 7) is 4.09. The van der Waals surface area contributed by atoms with Gasteiger partial charge >= 0.3 is 6.18 Å². The highest BCUT2D eigenvalue weighted by Crippen LogP contribution is 2.51. The van der Waals surface area contributed by atoms with E-state index in [1.54, 1.807) is 24.4 Å². The van der Waals surface area contributed by atoms with E-state index < -0.39 is 22.6 Å². The average Bonchev–Trinajstić information content (AvgIpc) is 3.27. The average molecular weight is 544 g/mol. The molecule has 0 radical (unpaired) electrons. The number of carbonyl (C=O) groups is 2. The van der Waals surface area contributed by atoms with E-state index >= 15 is 0 Å². The summed E-state index contributed by atoms with van der Waals surface area (Å²) in [5.74, 6) is -0.101. The minimum absolute atomic E-state index is 0.0177. The first kappa shape index (κ1) is 25.9. The number of rotatable bonds is 5. The van der Waals surface area contributed by atoms with Gasteiger partial charge in [0.1, 0.15) is 5.82 Å². The molecule has 1 aromatic heterocycles. The first-order valence-electron chi connectivity index (χ1n) is 11.8. The lowest BCUT2D eigenvalue weighted by atomic mass is 10.1. The Bertz CT molecular complexity index is 1360. The standard InChI is InChI=1S/C26H24F3N5O3S/c1-16(35)32-26(18-8-9-22(30-15-18)34-10-12-37-13-11-34)33-23-20(6-3-7-21(23)38-26)24(36)31-19-5-2-4-17(14-19)25(27,28)29/h2-9,14-15,33H,10-13H2,1H3,(H,31,36)(H,32,35). The van der Waals surface area contributed by atoms with Gasteiger partial charge in [-0.1, -0.05) is 23.9 Å². The fourth-order valence-electron chi connectivity index (χ4n) is 4.35. The molecule has 2 aliphatic heterocycles. The molecule has 2 amide bonds. The number of carbonyl (C=O) groups excluding carboxylic acids is 2. The van der Waals surface area contributed by atoms with Gasteiger partial charge in [-0.25, -0.2) is 4.98 Å². The molecule has 8 nitrogen and oxygen atoms in total. The molecule has 1 atom stereocenters. The predicted molar refractivity (Wildman–Crippen MR) is 138 cm³/mol. The second-order valence-corrected chi connectivity index (χ2v) is 10.1. The lowest BCUT2D eigenvalue weighted by Gasteiger charge is -2.31. The number of fused-ring (bicyclic) bond motifs is 1. The van der Waals surface area contributed by atoms with E-state index in [-0.39, 0.29) is 17.2 Å². The second kappa shape index (κ2) is 10.2. The number of para-hydroxylation sites is 1. The maximum absolute atomic E-state index is 13.2. The van der Waals surface area contributed by atoms with Crippen LogP contribution in [0.4, 0.5) is 30.4 Å². The zero-order valence-electron chi connectivity index (χ0n) is 20.3.